The van der Waals surface area contributed by atoms with E-state index >= 15 is 4.39 Å². The number of aryl methyl sites for hydroxylation is 1. The van der Waals surface area contributed by atoms with Crippen molar-refractivity contribution < 1.29 is 36.7 Å². The summed E-state index contributed by atoms with van der Waals surface area (Å²) < 4.78 is 53.1. The number of nitrogens with zero attached hydrogens (tertiary/aromatic N) is 4. The van der Waals surface area contributed by atoms with Gasteiger partial charge in [-0.25, -0.2) is 18.2 Å². The van der Waals surface area contributed by atoms with Crippen LogP contribution in [0.4, 0.5) is 21.5 Å². The number of anilines is 3. The van der Waals surface area contributed by atoms with Crippen LogP contribution in [0.25, 0.3) is 21.8 Å². The van der Waals surface area contributed by atoms with Gasteiger partial charge in [-0.3, -0.25) is 33.6 Å². The first-order valence-electron chi connectivity index (χ1n) is 18.2. The van der Waals surface area contributed by atoms with Crippen LogP contribution in [0.1, 0.15) is 43.7 Å². The summed E-state index contributed by atoms with van der Waals surface area (Å²) in [7, 11) is -2.68. The first kappa shape index (κ1) is 36.7. The molecule has 0 spiro atoms. The highest BCUT2D eigenvalue weighted by atomic mass is 32.2. The number of halogens is 1. The van der Waals surface area contributed by atoms with E-state index in [-0.39, 0.29) is 66.1 Å². The van der Waals surface area contributed by atoms with Gasteiger partial charge in [-0.1, -0.05) is 30.3 Å². The Morgan fingerprint density at radius 3 is 2.41 bits per heavy atom. The molecule has 1 unspecified atom stereocenters. The second-order valence-corrected chi connectivity index (χ2v) is 15.9. The summed E-state index contributed by atoms with van der Waals surface area (Å²) in [6.07, 6.45) is 2.17. The van der Waals surface area contributed by atoms with Gasteiger partial charge in [0.25, 0.3) is 5.91 Å². The number of imidazole rings is 1. The minimum absolute atomic E-state index is 0.00957. The number of piperidine rings is 2. The van der Waals surface area contributed by atoms with Gasteiger partial charge in [0.2, 0.25) is 17.7 Å². The molecule has 3 aliphatic heterocycles. The summed E-state index contributed by atoms with van der Waals surface area (Å²) in [5.74, 6) is -2.70. The molecule has 3 N–H and O–H groups in total. The maximum atomic E-state index is 16.2. The van der Waals surface area contributed by atoms with Gasteiger partial charge in [0.15, 0.2) is 5.82 Å². The van der Waals surface area contributed by atoms with Crippen molar-refractivity contribution >= 4 is 72.7 Å². The summed E-state index contributed by atoms with van der Waals surface area (Å²) in [5.41, 5.74) is 2.68. The highest BCUT2D eigenvalue weighted by Crippen LogP contribution is 2.40. The minimum atomic E-state index is -4.34. The van der Waals surface area contributed by atoms with Gasteiger partial charge in [-0.15, -0.1) is 0 Å². The number of benzene rings is 4. The fourth-order valence-corrected chi connectivity index (χ4v) is 8.94. The Kier molecular flexibility index (Phi) is 9.48. The summed E-state index contributed by atoms with van der Waals surface area (Å²) in [4.78, 5) is 64.9. The molecular weight excluding hydrogens is 746 g/mol. The van der Waals surface area contributed by atoms with E-state index in [4.69, 9.17) is 4.74 Å². The predicted octanol–water partition coefficient (Wildman–Crippen LogP) is 3.62. The zero-order valence-electron chi connectivity index (χ0n) is 30.3. The van der Waals surface area contributed by atoms with Gasteiger partial charge in [0, 0.05) is 49.7 Å². The van der Waals surface area contributed by atoms with Crippen molar-refractivity contribution in [2.24, 2.45) is 13.0 Å². The molecule has 290 valence electrons. The number of hydrogen-bond acceptors (Lipinski definition) is 9. The normalized spacial score (nSPS) is 18.7. The van der Waals surface area contributed by atoms with Crippen molar-refractivity contribution in [3.05, 3.63) is 94.7 Å². The van der Waals surface area contributed by atoms with Crippen molar-refractivity contribution in [2.75, 3.05) is 34.2 Å². The minimum Gasteiger partial charge on any atom is -0.487 e. The van der Waals surface area contributed by atoms with Crippen LogP contribution < -0.4 is 35.0 Å². The average Bonchev–Trinajstić information content (AvgIpc) is 3.59. The van der Waals surface area contributed by atoms with E-state index in [2.05, 4.69) is 15.5 Å². The van der Waals surface area contributed by atoms with E-state index in [1.807, 2.05) is 41.1 Å². The van der Waals surface area contributed by atoms with E-state index < -0.39 is 40.4 Å². The number of carbonyl (C=O) groups excluding carboxylic acids is 4. The second kappa shape index (κ2) is 14.4. The first-order chi connectivity index (χ1) is 26.9. The van der Waals surface area contributed by atoms with E-state index in [0.717, 1.165) is 24.1 Å². The van der Waals surface area contributed by atoms with Crippen LogP contribution in [0, 0.1) is 11.7 Å². The standard InChI is InChI=1S/C39H38FN7O8S/c1-44-31-20-27(8-10-29(31)47(39(44)52)30-11-12-33(48)42-38(30)51)45-15-13-23(14-16-45)17-34(49)41-26-7-9-28-25(18-26)19-32(55-22-24-5-3-2-4-6-24)37(36(28)40)46-21-35(50)43-56(46,53)54/h2-10,18-20,23,30H,11-17,21-22H2,1H3,(H,41,49)(H,43,50)(H,42,48,51). The van der Waals surface area contributed by atoms with Crippen LogP contribution in [0.15, 0.2) is 77.6 Å². The molecule has 1 atom stereocenters. The molecular formula is C39H38FN7O8S. The van der Waals surface area contributed by atoms with E-state index in [0.29, 0.717) is 39.5 Å². The van der Waals surface area contributed by atoms with Gasteiger partial charge < -0.3 is 15.0 Å². The lowest BCUT2D eigenvalue weighted by molar-refractivity contribution is -0.135. The first-order valence-corrected chi connectivity index (χ1v) is 19.7. The highest BCUT2D eigenvalue weighted by Gasteiger charge is 2.38. The van der Waals surface area contributed by atoms with E-state index in [1.54, 1.807) is 31.3 Å². The third kappa shape index (κ3) is 6.93. The van der Waals surface area contributed by atoms with Crippen molar-refractivity contribution in [3.8, 4) is 5.75 Å². The maximum absolute atomic E-state index is 16.2. The van der Waals surface area contributed by atoms with Crippen LogP contribution in [0.5, 0.6) is 5.75 Å². The molecule has 4 heterocycles. The molecule has 4 amide bonds. The van der Waals surface area contributed by atoms with Gasteiger partial charge >= 0.3 is 15.9 Å². The molecule has 0 aliphatic carbocycles. The third-order valence-electron chi connectivity index (χ3n) is 10.7. The number of amides is 4. The van der Waals surface area contributed by atoms with E-state index in [9.17, 15) is 32.4 Å². The number of imide groups is 1. The smallest absolute Gasteiger partial charge is 0.329 e. The molecule has 8 rings (SSSR count). The lowest BCUT2D eigenvalue weighted by Gasteiger charge is -2.33. The monoisotopic (exact) mass is 783 g/mol. The van der Waals surface area contributed by atoms with Crippen LogP contribution in [0.3, 0.4) is 0 Å². The molecule has 0 bridgehead atoms. The number of aromatic nitrogens is 2. The molecule has 15 nitrogen and oxygen atoms in total. The Balaban J connectivity index is 0.946. The van der Waals surface area contributed by atoms with Gasteiger partial charge in [-0.2, -0.15) is 8.42 Å². The lowest BCUT2D eigenvalue weighted by atomic mass is 9.93. The fourth-order valence-electron chi connectivity index (χ4n) is 7.78. The zero-order valence-corrected chi connectivity index (χ0v) is 31.1. The van der Waals surface area contributed by atoms with Gasteiger partial charge in [0.1, 0.15) is 30.6 Å². The Labute approximate surface area is 320 Å². The summed E-state index contributed by atoms with van der Waals surface area (Å²) >= 11 is 0. The van der Waals surface area contributed by atoms with Gasteiger partial charge in [0.05, 0.1) is 11.0 Å². The number of nitrogens with one attached hydrogen (secondary N) is 3. The Hall–Kier alpha value is -6.23. The molecule has 0 saturated carbocycles. The highest BCUT2D eigenvalue weighted by molar-refractivity contribution is 7.92. The Bertz CT molecular complexity index is 2600. The van der Waals surface area contributed by atoms with E-state index in [1.165, 1.54) is 21.3 Å². The van der Waals surface area contributed by atoms with Crippen molar-refractivity contribution in [1.82, 2.24) is 19.2 Å². The predicted molar refractivity (Wildman–Crippen MR) is 206 cm³/mol. The molecule has 0 radical (unpaired) electrons. The number of carbonyl (C=O) groups is 4. The summed E-state index contributed by atoms with van der Waals surface area (Å²) in [5, 5.41) is 5.68. The Morgan fingerprint density at radius 2 is 1.70 bits per heavy atom. The van der Waals surface area contributed by atoms with Crippen molar-refractivity contribution in [3.63, 3.8) is 0 Å². The summed E-state index contributed by atoms with van der Waals surface area (Å²) in [6, 6.07) is 20.1. The molecule has 3 fully saturated rings. The number of hydrogen-bond donors (Lipinski definition) is 3. The van der Waals surface area contributed by atoms with Crippen LogP contribution in [-0.2, 0) is 43.0 Å². The Morgan fingerprint density at radius 1 is 0.929 bits per heavy atom. The molecule has 4 aromatic carbocycles. The third-order valence-corrected chi connectivity index (χ3v) is 12.0. The van der Waals surface area contributed by atoms with Crippen LogP contribution in [0.2, 0.25) is 0 Å². The molecule has 3 saturated heterocycles. The van der Waals surface area contributed by atoms with Crippen LogP contribution >= 0.6 is 0 Å². The van der Waals surface area contributed by atoms with Crippen molar-refractivity contribution in [2.45, 2.75) is 44.8 Å². The zero-order chi connectivity index (χ0) is 39.3. The quantitative estimate of drug-likeness (QED) is 0.188. The topological polar surface area (TPSA) is 181 Å². The molecule has 56 heavy (non-hydrogen) atoms. The fraction of sp³-hybridized carbons (Fsp3) is 0.308. The van der Waals surface area contributed by atoms with Crippen LogP contribution in [-0.4, -0.2) is 60.8 Å². The summed E-state index contributed by atoms with van der Waals surface area (Å²) in [6.45, 7) is 0.775. The lowest BCUT2D eigenvalue weighted by Crippen LogP contribution is -2.44. The maximum Gasteiger partial charge on any atom is 0.329 e. The molecule has 1 aromatic heterocycles. The van der Waals surface area contributed by atoms with Gasteiger partial charge in [-0.05, 0) is 78.6 Å². The number of rotatable bonds is 9. The SMILES string of the molecule is Cn1c(=O)n(C2CCC(=O)NC2=O)c2ccc(N3CCC(CC(=O)Nc4ccc5c(F)c(N6CC(=O)NS6(=O)=O)c(OCc6ccccc6)cc5c4)CC3)cc21. The molecule has 17 heteroatoms. The number of fused-ring (bicyclic) bond motifs is 2. The second-order valence-electron chi connectivity index (χ2n) is 14.3. The average molecular weight is 784 g/mol. The largest absolute Gasteiger partial charge is 0.487 e. The molecule has 3 aliphatic rings. The number of ether oxygens (including phenoxy) is 1. The van der Waals surface area contributed by atoms with Crippen molar-refractivity contribution in [1.29, 1.82) is 0 Å². The molecule has 5 aromatic rings.